The topological polar surface area (TPSA) is 46.5 Å². The number of alkyl halides is 3. The Morgan fingerprint density at radius 2 is 2.11 bits per heavy atom. The Morgan fingerprint density at radius 3 is 2.53 bits per heavy atom. The molecule has 0 spiro atoms. The first-order valence-corrected chi connectivity index (χ1v) is 6.40. The maximum absolute atomic E-state index is 13.1. The van der Waals surface area contributed by atoms with Gasteiger partial charge in [0.25, 0.3) is 5.60 Å². The van der Waals surface area contributed by atoms with E-state index in [0.717, 1.165) is 12.8 Å². The van der Waals surface area contributed by atoms with Crippen LogP contribution in [0.1, 0.15) is 39.5 Å². The summed E-state index contributed by atoms with van der Waals surface area (Å²) in [7, 11) is 0. The van der Waals surface area contributed by atoms with E-state index in [4.69, 9.17) is 0 Å². The Morgan fingerprint density at radius 1 is 1.47 bits per heavy atom. The molecule has 2 unspecified atom stereocenters. The summed E-state index contributed by atoms with van der Waals surface area (Å²) in [5.41, 5.74) is -2.99. The van der Waals surface area contributed by atoms with Crippen LogP contribution >= 0.6 is 0 Å². The number of halogens is 3. The van der Waals surface area contributed by atoms with Crippen LogP contribution in [0.25, 0.3) is 0 Å². The smallest absolute Gasteiger partial charge is 0.428 e. The number of aliphatic hydroxyl groups is 1. The van der Waals surface area contributed by atoms with Gasteiger partial charge >= 0.3 is 12.1 Å². The lowest BCUT2D eigenvalue weighted by molar-refractivity contribution is -0.273. The number of allylic oxidation sites excluding steroid dienone is 1. The molecule has 3 nitrogen and oxygen atoms in total. The van der Waals surface area contributed by atoms with Gasteiger partial charge in [0.15, 0.2) is 0 Å². The molecule has 1 aliphatic rings. The molecule has 0 fully saturated rings. The van der Waals surface area contributed by atoms with E-state index >= 15 is 0 Å². The van der Waals surface area contributed by atoms with Gasteiger partial charge in [0.05, 0.1) is 6.61 Å². The van der Waals surface area contributed by atoms with Crippen LogP contribution in [0.5, 0.6) is 0 Å². The third-order valence-corrected chi connectivity index (χ3v) is 3.53. The molecule has 0 aromatic rings. The molecule has 6 heteroatoms. The van der Waals surface area contributed by atoms with Crippen LogP contribution < -0.4 is 0 Å². The van der Waals surface area contributed by atoms with Crippen molar-refractivity contribution in [1.29, 1.82) is 0 Å². The zero-order valence-electron chi connectivity index (χ0n) is 11.1. The fourth-order valence-corrected chi connectivity index (χ4v) is 2.30. The molecule has 19 heavy (non-hydrogen) atoms. The summed E-state index contributed by atoms with van der Waals surface area (Å²) in [6.45, 7) is 2.42. The lowest BCUT2D eigenvalue weighted by Gasteiger charge is -2.35. The van der Waals surface area contributed by atoms with Crippen LogP contribution in [-0.2, 0) is 9.53 Å². The van der Waals surface area contributed by atoms with Crippen molar-refractivity contribution in [2.75, 3.05) is 6.61 Å². The lowest BCUT2D eigenvalue weighted by Crippen LogP contribution is -2.58. The van der Waals surface area contributed by atoms with Crippen LogP contribution in [0.3, 0.4) is 0 Å². The quantitative estimate of drug-likeness (QED) is 0.636. The molecule has 0 amide bonds. The summed E-state index contributed by atoms with van der Waals surface area (Å²) < 4.78 is 43.7. The zero-order chi connectivity index (χ0) is 14.7. The number of ether oxygens (including phenoxy) is 1. The molecular formula is C13H19F3O3. The van der Waals surface area contributed by atoms with Gasteiger partial charge in [-0.15, -0.1) is 0 Å². The Hall–Kier alpha value is -1.04. The van der Waals surface area contributed by atoms with E-state index < -0.39 is 23.7 Å². The fourth-order valence-electron chi connectivity index (χ4n) is 2.30. The first-order chi connectivity index (χ1) is 8.75. The highest BCUT2D eigenvalue weighted by Gasteiger charge is 2.64. The minimum atomic E-state index is -5.06. The molecule has 0 saturated carbocycles. The Labute approximate surface area is 110 Å². The molecule has 1 rings (SSSR count). The van der Waals surface area contributed by atoms with Crippen LogP contribution in [0.2, 0.25) is 0 Å². The lowest BCUT2D eigenvalue weighted by atomic mass is 9.78. The van der Waals surface area contributed by atoms with Crippen LogP contribution in [0.4, 0.5) is 13.2 Å². The van der Waals surface area contributed by atoms with E-state index in [2.05, 4.69) is 4.74 Å². The first-order valence-electron chi connectivity index (χ1n) is 6.40. The minimum Gasteiger partial charge on any atom is -0.464 e. The monoisotopic (exact) mass is 280 g/mol. The largest absolute Gasteiger partial charge is 0.464 e. The summed E-state index contributed by atoms with van der Waals surface area (Å²) in [6.07, 6.45) is -0.538. The Kier molecular flexibility index (Phi) is 5.01. The van der Waals surface area contributed by atoms with E-state index in [0.29, 0.717) is 18.4 Å². The second-order valence-corrected chi connectivity index (χ2v) is 4.73. The summed E-state index contributed by atoms with van der Waals surface area (Å²) >= 11 is 0. The van der Waals surface area contributed by atoms with Gasteiger partial charge in [-0.1, -0.05) is 18.6 Å². The van der Waals surface area contributed by atoms with Crippen molar-refractivity contribution in [2.24, 2.45) is 5.92 Å². The van der Waals surface area contributed by atoms with E-state index in [-0.39, 0.29) is 6.61 Å². The van der Waals surface area contributed by atoms with Gasteiger partial charge in [-0.25, -0.2) is 4.79 Å². The van der Waals surface area contributed by atoms with Gasteiger partial charge in [-0.3, -0.25) is 0 Å². The van der Waals surface area contributed by atoms with E-state index in [1.807, 2.05) is 0 Å². The molecule has 110 valence electrons. The normalized spacial score (nSPS) is 21.3. The molecular weight excluding hydrogens is 261 g/mol. The third-order valence-electron chi connectivity index (χ3n) is 3.53. The number of esters is 1. The molecule has 0 saturated heterocycles. The van der Waals surface area contributed by atoms with Gasteiger partial charge in [0.2, 0.25) is 0 Å². The second-order valence-electron chi connectivity index (χ2n) is 4.73. The van der Waals surface area contributed by atoms with Crippen molar-refractivity contribution in [3.8, 4) is 0 Å². The van der Waals surface area contributed by atoms with Gasteiger partial charge in [-0.05, 0) is 32.6 Å². The van der Waals surface area contributed by atoms with Crippen LogP contribution in [-0.4, -0.2) is 29.5 Å². The van der Waals surface area contributed by atoms with Crippen molar-refractivity contribution in [2.45, 2.75) is 51.3 Å². The van der Waals surface area contributed by atoms with Crippen molar-refractivity contribution >= 4 is 5.97 Å². The molecule has 0 aromatic heterocycles. The van der Waals surface area contributed by atoms with Gasteiger partial charge in [0, 0.05) is 5.92 Å². The molecule has 0 bridgehead atoms. The fraction of sp³-hybridized carbons (Fsp3) is 0.769. The van der Waals surface area contributed by atoms with E-state index in [9.17, 15) is 23.1 Å². The Bertz CT molecular complexity index is 363. The average Bonchev–Trinajstić information content (AvgIpc) is 2.36. The van der Waals surface area contributed by atoms with Gasteiger partial charge in [-0.2, -0.15) is 13.2 Å². The molecule has 0 heterocycles. The highest BCUT2D eigenvalue weighted by molar-refractivity contribution is 5.81. The first kappa shape index (κ1) is 16.0. The summed E-state index contributed by atoms with van der Waals surface area (Å²) in [4.78, 5) is 11.6. The maximum Gasteiger partial charge on any atom is 0.428 e. The molecule has 0 radical (unpaired) electrons. The average molecular weight is 280 g/mol. The highest BCUT2D eigenvalue weighted by atomic mass is 19.4. The van der Waals surface area contributed by atoms with E-state index in [1.54, 1.807) is 6.08 Å². The number of hydrogen-bond acceptors (Lipinski definition) is 3. The molecule has 0 aromatic carbocycles. The summed E-state index contributed by atoms with van der Waals surface area (Å²) in [5.74, 6) is -2.95. The number of carbonyl (C=O) groups excluding carboxylic acids is 1. The highest BCUT2D eigenvalue weighted by Crippen LogP contribution is 2.42. The molecule has 1 N–H and O–H groups in total. The number of hydrogen-bond donors (Lipinski definition) is 1. The van der Waals surface area contributed by atoms with Crippen molar-refractivity contribution in [3.05, 3.63) is 11.6 Å². The number of rotatable bonds is 4. The van der Waals surface area contributed by atoms with Crippen LogP contribution in [0, 0.1) is 5.92 Å². The zero-order valence-corrected chi connectivity index (χ0v) is 11.1. The molecule has 2 atom stereocenters. The van der Waals surface area contributed by atoms with E-state index in [1.165, 1.54) is 13.8 Å². The second kappa shape index (κ2) is 5.94. The molecule has 1 aliphatic carbocycles. The van der Waals surface area contributed by atoms with Gasteiger partial charge in [0.1, 0.15) is 0 Å². The molecule has 0 aliphatic heterocycles. The predicted octanol–water partition coefficient (Wildman–Crippen LogP) is 2.98. The predicted molar refractivity (Wildman–Crippen MR) is 63.4 cm³/mol. The standard InChI is InChI=1S/C13H19F3O3/c1-3-19-11(17)12(18,13(14,15)16)9(2)10-7-5-4-6-8-10/h7,9,18H,3-6,8H2,1-2H3. The summed E-state index contributed by atoms with van der Waals surface area (Å²) in [5, 5.41) is 9.93. The number of carbonyl (C=O) groups is 1. The van der Waals surface area contributed by atoms with Crippen molar-refractivity contribution in [3.63, 3.8) is 0 Å². The third kappa shape index (κ3) is 3.11. The van der Waals surface area contributed by atoms with Gasteiger partial charge < -0.3 is 9.84 Å². The van der Waals surface area contributed by atoms with Crippen molar-refractivity contribution in [1.82, 2.24) is 0 Å². The van der Waals surface area contributed by atoms with Crippen molar-refractivity contribution < 1.29 is 27.8 Å². The maximum atomic E-state index is 13.1. The Balaban J connectivity index is 3.09. The minimum absolute atomic E-state index is 0.205. The summed E-state index contributed by atoms with van der Waals surface area (Å²) in [6, 6.07) is 0. The van der Waals surface area contributed by atoms with Crippen LogP contribution in [0.15, 0.2) is 11.6 Å². The SMILES string of the molecule is CCOC(=O)C(O)(C(C)C1=CCCCC1)C(F)(F)F.